The highest BCUT2D eigenvalue weighted by Gasteiger charge is 2.22. The summed E-state index contributed by atoms with van der Waals surface area (Å²) in [5.41, 5.74) is 0. The monoisotopic (exact) mass is 486 g/mol. The summed E-state index contributed by atoms with van der Waals surface area (Å²) in [7, 11) is 0. The Morgan fingerprint density at radius 1 is 1.46 bits per heavy atom. The van der Waals surface area contributed by atoms with Crippen molar-refractivity contribution >= 4 is 52.9 Å². The number of nitrogens with one attached hydrogen (secondary N) is 2. The third-order valence-corrected chi connectivity index (χ3v) is 5.43. The highest BCUT2D eigenvalue weighted by Crippen LogP contribution is 2.26. The van der Waals surface area contributed by atoms with Crippen LogP contribution in [0.15, 0.2) is 17.1 Å². The number of likely N-dealkylation sites (N-methyl/N-ethyl adjacent to an activating group) is 1. The Hall–Kier alpha value is -0.0900. The van der Waals surface area contributed by atoms with Crippen LogP contribution in [0.4, 0.5) is 0 Å². The second-order valence-corrected chi connectivity index (χ2v) is 7.43. The number of aliphatic imine (C=N–C) groups is 1. The molecule has 1 aromatic heterocycles. The first-order valence-corrected chi connectivity index (χ1v) is 9.53. The Bertz CT molecular complexity index is 514. The molecule has 8 heteroatoms. The Kier molecular flexibility index (Phi) is 10.5. The van der Waals surface area contributed by atoms with Gasteiger partial charge in [-0.05, 0) is 45.0 Å². The Balaban J connectivity index is 0.00000288. The van der Waals surface area contributed by atoms with E-state index in [0.717, 1.165) is 30.5 Å². The zero-order chi connectivity index (χ0) is 16.7. The fourth-order valence-electron chi connectivity index (χ4n) is 2.87. The molecule has 2 rings (SSSR count). The van der Waals surface area contributed by atoms with Crippen LogP contribution in [-0.4, -0.2) is 54.7 Å². The van der Waals surface area contributed by atoms with Gasteiger partial charge in [-0.25, -0.2) is 0 Å². The van der Waals surface area contributed by atoms with E-state index in [1.165, 1.54) is 30.7 Å². The van der Waals surface area contributed by atoms with E-state index in [1.54, 1.807) is 6.07 Å². The number of aliphatic hydroxyl groups is 1. The van der Waals surface area contributed by atoms with Crippen molar-refractivity contribution in [3.8, 4) is 0 Å². The Morgan fingerprint density at radius 3 is 2.88 bits per heavy atom. The lowest BCUT2D eigenvalue weighted by Gasteiger charge is -2.24. The van der Waals surface area contributed by atoms with E-state index in [4.69, 9.17) is 11.6 Å². The van der Waals surface area contributed by atoms with Crippen molar-refractivity contribution in [2.24, 2.45) is 4.99 Å². The summed E-state index contributed by atoms with van der Waals surface area (Å²) >= 11 is 7.31. The van der Waals surface area contributed by atoms with Crippen LogP contribution in [0.1, 0.15) is 37.7 Å². The van der Waals surface area contributed by atoms with E-state index in [2.05, 4.69) is 27.4 Å². The van der Waals surface area contributed by atoms with Gasteiger partial charge in [-0.1, -0.05) is 18.5 Å². The summed E-state index contributed by atoms with van der Waals surface area (Å²) in [6.07, 6.45) is 1.89. The summed E-state index contributed by atoms with van der Waals surface area (Å²) in [5, 5.41) is 16.8. The number of thiophene rings is 1. The quantitative estimate of drug-likeness (QED) is 0.315. The average Bonchev–Trinajstić information content (AvgIpc) is 3.18. The summed E-state index contributed by atoms with van der Waals surface area (Å²) in [5.74, 6) is 0.761. The average molecular weight is 487 g/mol. The number of hydrogen-bond donors (Lipinski definition) is 3. The van der Waals surface area contributed by atoms with Gasteiger partial charge in [-0.15, -0.1) is 35.3 Å². The van der Waals surface area contributed by atoms with Crippen molar-refractivity contribution in [2.45, 2.75) is 38.8 Å². The van der Waals surface area contributed by atoms with Crippen LogP contribution in [0.3, 0.4) is 0 Å². The molecule has 0 aromatic carbocycles. The maximum atomic E-state index is 10.2. The number of rotatable bonds is 7. The normalized spacial score (nSPS) is 19.8. The number of hydrogen-bond acceptors (Lipinski definition) is 4. The van der Waals surface area contributed by atoms with E-state index < -0.39 is 6.10 Å². The van der Waals surface area contributed by atoms with Crippen LogP contribution in [0.2, 0.25) is 4.34 Å². The molecule has 3 N–H and O–H groups in total. The molecule has 0 saturated carbocycles. The van der Waals surface area contributed by atoms with Gasteiger partial charge in [0.1, 0.15) is 6.10 Å². The van der Waals surface area contributed by atoms with E-state index in [9.17, 15) is 5.11 Å². The predicted octanol–water partition coefficient (Wildman–Crippen LogP) is 3.09. The third-order valence-electron chi connectivity index (χ3n) is 4.10. The summed E-state index contributed by atoms with van der Waals surface area (Å²) < 4.78 is 0.689. The molecule has 138 valence electrons. The first kappa shape index (κ1) is 22.0. The number of likely N-dealkylation sites (tertiary alicyclic amines) is 1. The van der Waals surface area contributed by atoms with Gasteiger partial charge in [0.15, 0.2) is 5.96 Å². The van der Waals surface area contributed by atoms with Crippen molar-refractivity contribution in [3.05, 3.63) is 21.3 Å². The molecule has 24 heavy (non-hydrogen) atoms. The SMILES string of the molecule is CCNC(=NCC(O)c1ccc(Cl)s1)NCC1CCCN1CC.I. The van der Waals surface area contributed by atoms with Crippen LogP contribution >= 0.6 is 46.9 Å². The van der Waals surface area contributed by atoms with Crippen molar-refractivity contribution in [3.63, 3.8) is 0 Å². The minimum absolute atomic E-state index is 0. The molecule has 0 radical (unpaired) electrons. The lowest BCUT2D eigenvalue weighted by atomic mass is 10.2. The first-order valence-electron chi connectivity index (χ1n) is 8.33. The second kappa shape index (κ2) is 11.5. The fourth-order valence-corrected chi connectivity index (χ4v) is 3.91. The number of nitrogens with zero attached hydrogens (tertiary/aromatic N) is 2. The molecule has 5 nitrogen and oxygen atoms in total. The van der Waals surface area contributed by atoms with Gasteiger partial charge in [-0.2, -0.15) is 0 Å². The molecule has 1 aromatic rings. The van der Waals surface area contributed by atoms with Gasteiger partial charge >= 0.3 is 0 Å². The fraction of sp³-hybridized carbons (Fsp3) is 0.688. The van der Waals surface area contributed by atoms with Crippen LogP contribution < -0.4 is 10.6 Å². The smallest absolute Gasteiger partial charge is 0.191 e. The highest BCUT2D eigenvalue weighted by atomic mass is 127. The molecule has 2 atom stereocenters. The van der Waals surface area contributed by atoms with Gasteiger partial charge < -0.3 is 15.7 Å². The minimum Gasteiger partial charge on any atom is -0.386 e. The standard InChI is InChI=1S/C16H27ClN4OS.HI/c1-3-18-16(19-10-12-6-5-9-21(12)4-2)20-11-13(22)14-7-8-15(17)23-14;/h7-8,12-13,22H,3-6,9-11H2,1-2H3,(H2,18,19,20);1H. The molecule has 1 aliphatic heterocycles. The Labute approximate surface area is 170 Å². The molecule has 2 unspecified atom stereocenters. The van der Waals surface area contributed by atoms with Gasteiger partial charge in [0.2, 0.25) is 0 Å². The van der Waals surface area contributed by atoms with Crippen molar-refractivity contribution in [2.75, 3.05) is 32.7 Å². The number of aliphatic hydroxyl groups excluding tert-OH is 1. The van der Waals surface area contributed by atoms with Gasteiger partial charge in [0.05, 0.1) is 10.9 Å². The molecular weight excluding hydrogens is 459 g/mol. The van der Waals surface area contributed by atoms with Crippen molar-refractivity contribution < 1.29 is 5.11 Å². The molecular formula is C16H28ClIN4OS. The van der Waals surface area contributed by atoms with Crippen LogP contribution in [-0.2, 0) is 0 Å². The minimum atomic E-state index is -0.610. The van der Waals surface area contributed by atoms with Crippen molar-refractivity contribution in [1.82, 2.24) is 15.5 Å². The summed E-state index contributed by atoms with van der Waals surface area (Å²) in [6.45, 7) is 8.55. The molecule has 0 aliphatic carbocycles. The second-order valence-electron chi connectivity index (χ2n) is 5.68. The molecule has 0 amide bonds. The summed E-state index contributed by atoms with van der Waals surface area (Å²) in [4.78, 5) is 7.85. The van der Waals surface area contributed by atoms with Gasteiger partial charge in [0.25, 0.3) is 0 Å². The van der Waals surface area contributed by atoms with E-state index in [1.807, 2.05) is 13.0 Å². The third kappa shape index (κ3) is 6.67. The maximum absolute atomic E-state index is 10.2. The molecule has 2 heterocycles. The topological polar surface area (TPSA) is 59.9 Å². The zero-order valence-electron chi connectivity index (χ0n) is 14.3. The molecule has 1 fully saturated rings. The van der Waals surface area contributed by atoms with Gasteiger partial charge in [0, 0.05) is 24.0 Å². The zero-order valence-corrected chi connectivity index (χ0v) is 18.2. The van der Waals surface area contributed by atoms with Crippen LogP contribution in [0.25, 0.3) is 0 Å². The largest absolute Gasteiger partial charge is 0.386 e. The van der Waals surface area contributed by atoms with Crippen LogP contribution in [0, 0.1) is 0 Å². The van der Waals surface area contributed by atoms with E-state index in [-0.39, 0.29) is 24.0 Å². The highest BCUT2D eigenvalue weighted by molar-refractivity contribution is 14.0. The summed E-state index contributed by atoms with van der Waals surface area (Å²) in [6, 6.07) is 4.23. The van der Waals surface area contributed by atoms with Crippen LogP contribution in [0.5, 0.6) is 0 Å². The maximum Gasteiger partial charge on any atom is 0.191 e. The molecule has 0 bridgehead atoms. The van der Waals surface area contributed by atoms with Crippen molar-refractivity contribution in [1.29, 1.82) is 0 Å². The predicted molar refractivity (Wildman–Crippen MR) is 114 cm³/mol. The lowest BCUT2D eigenvalue weighted by molar-refractivity contribution is 0.191. The number of guanidine groups is 1. The lowest BCUT2D eigenvalue weighted by Crippen LogP contribution is -2.45. The Morgan fingerprint density at radius 2 is 2.25 bits per heavy atom. The van der Waals surface area contributed by atoms with Gasteiger partial charge in [-0.3, -0.25) is 9.89 Å². The first-order chi connectivity index (χ1) is 11.1. The molecule has 1 aliphatic rings. The molecule has 0 spiro atoms. The number of halogens is 2. The van der Waals surface area contributed by atoms with E-state index >= 15 is 0 Å². The molecule has 1 saturated heterocycles. The van der Waals surface area contributed by atoms with E-state index in [0.29, 0.717) is 16.9 Å².